The molecule has 0 spiro atoms. The van der Waals surface area contributed by atoms with Crippen LogP contribution in [0.4, 0.5) is 13.2 Å². The van der Waals surface area contributed by atoms with Crippen molar-refractivity contribution in [2.45, 2.75) is 57.1 Å². The summed E-state index contributed by atoms with van der Waals surface area (Å²) in [5.41, 5.74) is -0.0151. The van der Waals surface area contributed by atoms with Crippen LogP contribution in [0.1, 0.15) is 43.7 Å². The lowest BCUT2D eigenvalue weighted by molar-refractivity contribution is -0.322. The van der Waals surface area contributed by atoms with E-state index in [0.717, 1.165) is 11.1 Å². The van der Waals surface area contributed by atoms with Gasteiger partial charge in [-0.1, -0.05) is 6.07 Å². The molecule has 0 bridgehead atoms. The Morgan fingerprint density at radius 1 is 1.24 bits per heavy atom. The van der Waals surface area contributed by atoms with E-state index >= 15 is 0 Å². The molecule has 0 N–H and O–H groups in total. The van der Waals surface area contributed by atoms with Gasteiger partial charge in [-0.3, -0.25) is 0 Å². The number of benzene rings is 1. The van der Waals surface area contributed by atoms with Gasteiger partial charge in [0.2, 0.25) is 0 Å². The van der Waals surface area contributed by atoms with Crippen molar-refractivity contribution in [2.24, 2.45) is 11.3 Å². The molecule has 138 valence electrons. The summed E-state index contributed by atoms with van der Waals surface area (Å²) in [5.74, 6) is -1.38. The molecule has 2 aliphatic carbocycles. The predicted molar refractivity (Wildman–Crippen MR) is 85.6 cm³/mol. The Bertz CT molecular complexity index is 685. The zero-order chi connectivity index (χ0) is 18.0. The van der Waals surface area contributed by atoms with Crippen molar-refractivity contribution in [3.63, 3.8) is 0 Å². The molecule has 25 heavy (non-hydrogen) atoms. The van der Waals surface area contributed by atoms with Gasteiger partial charge in [0.05, 0.1) is 25.2 Å². The number of hydrogen-bond donors (Lipinski definition) is 0. The van der Waals surface area contributed by atoms with E-state index in [4.69, 9.17) is 14.2 Å². The maximum atomic E-state index is 14.4. The summed E-state index contributed by atoms with van der Waals surface area (Å²) < 4.78 is 59.9. The molecule has 0 amide bonds. The largest absolute Gasteiger partial charge is 0.497 e. The molecule has 6 heteroatoms. The lowest BCUT2D eigenvalue weighted by Gasteiger charge is -2.48. The minimum Gasteiger partial charge on any atom is -0.497 e. The number of halogens is 3. The van der Waals surface area contributed by atoms with Crippen molar-refractivity contribution < 1.29 is 27.4 Å². The zero-order valence-electron chi connectivity index (χ0n) is 14.7. The summed E-state index contributed by atoms with van der Waals surface area (Å²) in [6.07, 6.45) is -3.85. The standard InChI is InChI=1S/C19H23F3O3/c1-17(2)24-10-15-16(25-17)9-14-13-5-4-12(23-3)8-11(13)6-7-18(14,15)19(20,21)22/h4-5,8,14-16H,6-7,9-10H2,1-3H3/t14-,15+,16+,18-/m0/s1. The van der Waals surface area contributed by atoms with Gasteiger partial charge in [-0.05, 0) is 56.4 Å². The van der Waals surface area contributed by atoms with Crippen molar-refractivity contribution in [1.29, 1.82) is 0 Å². The van der Waals surface area contributed by atoms with Crippen LogP contribution in [0.25, 0.3) is 0 Å². The third kappa shape index (κ3) is 2.40. The van der Waals surface area contributed by atoms with Crippen molar-refractivity contribution >= 4 is 0 Å². The Morgan fingerprint density at radius 2 is 2.00 bits per heavy atom. The van der Waals surface area contributed by atoms with Crippen molar-refractivity contribution in [1.82, 2.24) is 0 Å². The van der Waals surface area contributed by atoms with E-state index in [9.17, 15) is 13.2 Å². The molecule has 3 nitrogen and oxygen atoms in total. The van der Waals surface area contributed by atoms with Crippen LogP contribution < -0.4 is 4.74 Å². The summed E-state index contributed by atoms with van der Waals surface area (Å²) in [6.45, 7) is 3.63. The van der Waals surface area contributed by atoms with Crippen LogP contribution in [0.15, 0.2) is 18.2 Å². The number of hydrogen-bond acceptors (Lipinski definition) is 3. The lowest BCUT2D eigenvalue weighted by Crippen LogP contribution is -2.54. The first-order valence-electron chi connectivity index (χ1n) is 8.73. The average molecular weight is 356 g/mol. The highest BCUT2D eigenvalue weighted by Crippen LogP contribution is 2.67. The Morgan fingerprint density at radius 3 is 2.68 bits per heavy atom. The number of rotatable bonds is 1. The SMILES string of the molecule is COc1ccc2c(c1)CC[C@@]1(C(F)(F)F)[C@@H]3COC(C)(C)O[C@@H]3C[C@@H]21. The molecule has 1 saturated heterocycles. The molecule has 0 aromatic heterocycles. The molecule has 4 atom stereocenters. The average Bonchev–Trinajstić information content (AvgIpc) is 2.87. The molecule has 2 fully saturated rings. The molecule has 0 unspecified atom stereocenters. The third-order valence-electron chi connectivity index (χ3n) is 6.31. The van der Waals surface area contributed by atoms with Gasteiger partial charge in [0.15, 0.2) is 5.79 Å². The highest BCUT2D eigenvalue weighted by atomic mass is 19.4. The molecule has 1 heterocycles. The van der Waals surface area contributed by atoms with Crippen LogP contribution in [0, 0.1) is 11.3 Å². The van der Waals surface area contributed by atoms with E-state index in [1.54, 1.807) is 27.0 Å². The first-order valence-corrected chi connectivity index (χ1v) is 8.73. The number of methoxy groups -OCH3 is 1. The second-order valence-corrected chi connectivity index (χ2v) is 7.86. The molecular weight excluding hydrogens is 333 g/mol. The van der Waals surface area contributed by atoms with Crippen molar-refractivity contribution in [2.75, 3.05) is 13.7 Å². The van der Waals surface area contributed by atoms with E-state index in [0.29, 0.717) is 18.6 Å². The summed E-state index contributed by atoms with van der Waals surface area (Å²) in [5, 5.41) is 0. The van der Waals surface area contributed by atoms with Crippen LogP contribution in [-0.2, 0) is 15.9 Å². The van der Waals surface area contributed by atoms with Gasteiger partial charge in [-0.25, -0.2) is 0 Å². The highest BCUT2D eigenvalue weighted by Gasteiger charge is 2.71. The predicted octanol–water partition coefficient (Wildman–Crippen LogP) is 4.45. The molecule has 1 aromatic rings. The second kappa shape index (κ2) is 5.36. The summed E-state index contributed by atoms with van der Waals surface area (Å²) in [4.78, 5) is 0. The van der Waals surface area contributed by atoms with Gasteiger partial charge in [0, 0.05) is 11.8 Å². The zero-order valence-corrected chi connectivity index (χ0v) is 14.7. The summed E-state index contributed by atoms with van der Waals surface area (Å²) in [6, 6.07) is 5.44. The van der Waals surface area contributed by atoms with Gasteiger partial charge >= 0.3 is 6.18 Å². The molecule has 3 aliphatic rings. The lowest BCUT2D eigenvalue weighted by atomic mass is 9.61. The molecule has 1 saturated carbocycles. The highest BCUT2D eigenvalue weighted by molar-refractivity contribution is 5.43. The Kier molecular flexibility index (Phi) is 3.68. The molecular formula is C19H23F3O3. The van der Waals surface area contributed by atoms with Gasteiger partial charge in [0.25, 0.3) is 0 Å². The molecule has 1 aromatic carbocycles. The quantitative estimate of drug-likeness (QED) is 0.744. The number of aryl methyl sites for hydroxylation is 1. The van der Waals surface area contributed by atoms with E-state index in [2.05, 4.69) is 0 Å². The molecule has 0 radical (unpaired) electrons. The van der Waals surface area contributed by atoms with Gasteiger partial charge < -0.3 is 14.2 Å². The van der Waals surface area contributed by atoms with Crippen LogP contribution >= 0.6 is 0 Å². The molecule has 1 aliphatic heterocycles. The fourth-order valence-corrected chi connectivity index (χ4v) is 5.19. The van der Waals surface area contributed by atoms with E-state index in [1.807, 2.05) is 12.1 Å². The minimum absolute atomic E-state index is 0.0790. The van der Waals surface area contributed by atoms with E-state index in [-0.39, 0.29) is 13.0 Å². The van der Waals surface area contributed by atoms with Crippen LogP contribution in [0.5, 0.6) is 5.75 Å². The smallest absolute Gasteiger partial charge is 0.395 e. The summed E-state index contributed by atoms with van der Waals surface area (Å²) >= 11 is 0. The Balaban J connectivity index is 1.81. The van der Waals surface area contributed by atoms with Crippen LogP contribution in [0.2, 0.25) is 0 Å². The number of alkyl halides is 3. The van der Waals surface area contributed by atoms with E-state index in [1.165, 1.54) is 0 Å². The second-order valence-electron chi connectivity index (χ2n) is 7.86. The first kappa shape index (κ1) is 17.2. The topological polar surface area (TPSA) is 27.7 Å². The normalized spacial score (nSPS) is 36.3. The maximum Gasteiger partial charge on any atom is 0.395 e. The van der Waals surface area contributed by atoms with E-state index < -0.39 is 35.3 Å². The van der Waals surface area contributed by atoms with Gasteiger partial charge in [-0.15, -0.1) is 0 Å². The van der Waals surface area contributed by atoms with Crippen LogP contribution in [-0.4, -0.2) is 31.8 Å². The monoisotopic (exact) mass is 356 g/mol. The Labute approximate surface area is 145 Å². The fourth-order valence-electron chi connectivity index (χ4n) is 5.19. The van der Waals surface area contributed by atoms with Crippen molar-refractivity contribution in [3.05, 3.63) is 29.3 Å². The first-order chi connectivity index (χ1) is 11.7. The maximum absolute atomic E-state index is 14.4. The third-order valence-corrected chi connectivity index (χ3v) is 6.31. The number of ether oxygens (including phenoxy) is 3. The molecule has 4 rings (SSSR count). The van der Waals surface area contributed by atoms with Gasteiger partial charge in [-0.2, -0.15) is 13.2 Å². The Hall–Kier alpha value is -1.27. The van der Waals surface area contributed by atoms with Gasteiger partial charge in [0.1, 0.15) is 5.75 Å². The number of fused-ring (bicyclic) bond motifs is 5. The van der Waals surface area contributed by atoms with Crippen molar-refractivity contribution in [3.8, 4) is 5.75 Å². The fraction of sp³-hybridized carbons (Fsp3) is 0.684. The summed E-state index contributed by atoms with van der Waals surface area (Å²) in [7, 11) is 1.57. The minimum atomic E-state index is -4.29. The van der Waals surface area contributed by atoms with Crippen LogP contribution in [0.3, 0.4) is 0 Å².